The zero-order chi connectivity index (χ0) is 13.0. The highest BCUT2D eigenvalue weighted by atomic mass is 16.5. The number of hydrogen-bond acceptors (Lipinski definition) is 2. The van der Waals surface area contributed by atoms with Crippen molar-refractivity contribution in [3.63, 3.8) is 0 Å². The lowest BCUT2D eigenvalue weighted by molar-refractivity contribution is 0.0789. The summed E-state index contributed by atoms with van der Waals surface area (Å²) in [5.41, 5.74) is 0. The minimum absolute atomic E-state index is 0.457. The van der Waals surface area contributed by atoms with Crippen molar-refractivity contribution in [3.8, 4) is 0 Å². The first-order valence-corrected chi connectivity index (χ1v) is 8.07. The molecule has 0 spiro atoms. The van der Waals surface area contributed by atoms with Gasteiger partial charge in [-0.15, -0.1) is 0 Å². The Labute approximate surface area is 113 Å². The van der Waals surface area contributed by atoms with Crippen LogP contribution in [0.1, 0.15) is 59.3 Å². The van der Waals surface area contributed by atoms with Gasteiger partial charge in [-0.1, -0.05) is 26.7 Å². The monoisotopic (exact) mass is 253 g/mol. The first kappa shape index (κ1) is 14.3. The van der Waals surface area contributed by atoms with Gasteiger partial charge in [-0.3, -0.25) is 0 Å². The highest BCUT2D eigenvalue weighted by Crippen LogP contribution is 2.36. The normalized spacial score (nSPS) is 38.8. The zero-order valence-corrected chi connectivity index (χ0v) is 12.5. The SMILES string of the molecule is CCCNC(C1CCC(C)CC1)C1CCOC1C. The summed E-state index contributed by atoms with van der Waals surface area (Å²) in [4.78, 5) is 0. The quantitative estimate of drug-likeness (QED) is 0.808. The molecule has 1 saturated carbocycles. The summed E-state index contributed by atoms with van der Waals surface area (Å²) in [6, 6.07) is 0.704. The Bertz CT molecular complexity index is 235. The van der Waals surface area contributed by atoms with E-state index in [4.69, 9.17) is 4.74 Å². The molecule has 1 N–H and O–H groups in total. The molecule has 3 unspecified atom stereocenters. The van der Waals surface area contributed by atoms with E-state index in [9.17, 15) is 0 Å². The maximum atomic E-state index is 5.80. The summed E-state index contributed by atoms with van der Waals surface area (Å²) in [5.74, 6) is 2.59. The molecule has 0 aromatic rings. The van der Waals surface area contributed by atoms with Crippen LogP contribution in [0.3, 0.4) is 0 Å². The Kier molecular flexibility index (Phi) is 5.50. The number of ether oxygens (including phenoxy) is 1. The maximum Gasteiger partial charge on any atom is 0.0590 e. The molecule has 1 aliphatic carbocycles. The van der Waals surface area contributed by atoms with Crippen LogP contribution in [-0.2, 0) is 4.74 Å². The Morgan fingerprint density at radius 3 is 2.39 bits per heavy atom. The Morgan fingerprint density at radius 1 is 1.11 bits per heavy atom. The lowest BCUT2D eigenvalue weighted by Gasteiger charge is -2.37. The van der Waals surface area contributed by atoms with Gasteiger partial charge in [0.25, 0.3) is 0 Å². The van der Waals surface area contributed by atoms with Gasteiger partial charge in [-0.25, -0.2) is 0 Å². The summed E-state index contributed by atoms with van der Waals surface area (Å²) in [7, 11) is 0. The van der Waals surface area contributed by atoms with Crippen molar-refractivity contribution in [3.05, 3.63) is 0 Å². The molecule has 2 rings (SSSR count). The van der Waals surface area contributed by atoms with E-state index in [0.717, 1.165) is 24.4 Å². The standard InChI is InChI=1S/C16H31NO/c1-4-10-17-16(15-9-11-18-13(15)3)14-7-5-12(2)6-8-14/h12-17H,4-11H2,1-3H3. The molecule has 2 nitrogen and oxygen atoms in total. The molecule has 0 bridgehead atoms. The van der Waals surface area contributed by atoms with Crippen LogP contribution < -0.4 is 5.32 Å². The molecule has 1 saturated heterocycles. The predicted molar refractivity (Wildman–Crippen MR) is 76.7 cm³/mol. The average Bonchev–Trinajstić information content (AvgIpc) is 2.78. The van der Waals surface area contributed by atoms with Crippen LogP contribution in [0.5, 0.6) is 0 Å². The second kappa shape index (κ2) is 6.91. The fraction of sp³-hybridized carbons (Fsp3) is 1.00. The van der Waals surface area contributed by atoms with Crippen molar-refractivity contribution in [2.24, 2.45) is 17.8 Å². The Balaban J connectivity index is 1.95. The Hall–Kier alpha value is -0.0800. The van der Waals surface area contributed by atoms with Gasteiger partial charge in [-0.2, -0.15) is 0 Å². The van der Waals surface area contributed by atoms with Crippen molar-refractivity contribution in [2.75, 3.05) is 13.2 Å². The summed E-state index contributed by atoms with van der Waals surface area (Å²) >= 11 is 0. The molecule has 18 heavy (non-hydrogen) atoms. The minimum atomic E-state index is 0.457. The Morgan fingerprint density at radius 2 is 1.83 bits per heavy atom. The zero-order valence-electron chi connectivity index (χ0n) is 12.5. The summed E-state index contributed by atoms with van der Waals surface area (Å²) < 4.78 is 5.80. The van der Waals surface area contributed by atoms with Crippen LogP contribution in [-0.4, -0.2) is 25.3 Å². The number of rotatable bonds is 5. The van der Waals surface area contributed by atoms with Gasteiger partial charge in [-0.05, 0) is 51.0 Å². The van der Waals surface area contributed by atoms with Crippen molar-refractivity contribution < 1.29 is 4.74 Å². The summed E-state index contributed by atoms with van der Waals surface area (Å²) in [6.07, 6.45) is 8.65. The van der Waals surface area contributed by atoms with Crippen LogP contribution in [0.25, 0.3) is 0 Å². The molecule has 1 aliphatic heterocycles. The molecule has 3 atom stereocenters. The highest BCUT2D eigenvalue weighted by Gasteiger charge is 2.37. The van der Waals surface area contributed by atoms with E-state index in [1.54, 1.807) is 0 Å². The second-order valence-corrected chi connectivity index (χ2v) is 6.53. The lowest BCUT2D eigenvalue weighted by Crippen LogP contribution is -2.46. The fourth-order valence-corrected chi connectivity index (χ4v) is 3.84. The van der Waals surface area contributed by atoms with E-state index >= 15 is 0 Å². The average molecular weight is 253 g/mol. The van der Waals surface area contributed by atoms with E-state index in [2.05, 4.69) is 26.1 Å². The van der Waals surface area contributed by atoms with Crippen LogP contribution in [0, 0.1) is 17.8 Å². The van der Waals surface area contributed by atoms with Gasteiger partial charge in [0.2, 0.25) is 0 Å². The topological polar surface area (TPSA) is 21.3 Å². The molecule has 0 radical (unpaired) electrons. The number of hydrogen-bond donors (Lipinski definition) is 1. The molecule has 0 amide bonds. The van der Waals surface area contributed by atoms with Gasteiger partial charge >= 0.3 is 0 Å². The van der Waals surface area contributed by atoms with Gasteiger partial charge in [0.05, 0.1) is 6.10 Å². The number of nitrogens with one attached hydrogen (secondary N) is 1. The third-order valence-electron chi connectivity index (χ3n) is 5.09. The first-order valence-electron chi connectivity index (χ1n) is 8.07. The molecule has 2 fully saturated rings. The maximum absolute atomic E-state index is 5.80. The third kappa shape index (κ3) is 3.48. The van der Waals surface area contributed by atoms with Crippen LogP contribution >= 0.6 is 0 Å². The van der Waals surface area contributed by atoms with E-state index in [-0.39, 0.29) is 0 Å². The lowest BCUT2D eigenvalue weighted by atomic mass is 9.74. The van der Waals surface area contributed by atoms with Gasteiger partial charge < -0.3 is 10.1 Å². The first-order chi connectivity index (χ1) is 8.72. The molecule has 0 aromatic carbocycles. The molecule has 106 valence electrons. The molecule has 2 aliphatic rings. The van der Waals surface area contributed by atoms with Gasteiger partial charge in [0, 0.05) is 18.6 Å². The largest absolute Gasteiger partial charge is 0.378 e. The molecule has 2 heteroatoms. The highest BCUT2D eigenvalue weighted by molar-refractivity contribution is 4.90. The summed E-state index contributed by atoms with van der Waals surface area (Å²) in [6.45, 7) is 9.08. The molecular weight excluding hydrogens is 222 g/mol. The summed E-state index contributed by atoms with van der Waals surface area (Å²) in [5, 5.41) is 3.85. The van der Waals surface area contributed by atoms with Crippen LogP contribution in [0.15, 0.2) is 0 Å². The van der Waals surface area contributed by atoms with Crippen molar-refractivity contribution in [1.82, 2.24) is 5.32 Å². The van der Waals surface area contributed by atoms with E-state index in [0.29, 0.717) is 12.1 Å². The minimum Gasteiger partial charge on any atom is -0.378 e. The molecule has 0 aromatic heterocycles. The smallest absolute Gasteiger partial charge is 0.0590 e. The van der Waals surface area contributed by atoms with Crippen molar-refractivity contribution in [1.29, 1.82) is 0 Å². The second-order valence-electron chi connectivity index (χ2n) is 6.53. The van der Waals surface area contributed by atoms with Crippen LogP contribution in [0.4, 0.5) is 0 Å². The van der Waals surface area contributed by atoms with E-state index in [1.807, 2.05) is 0 Å². The molecular formula is C16H31NO. The van der Waals surface area contributed by atoms with E-state index in [1.165, 1.54) is 45.1 Å². The molecule has 1 heterocycles. The van der Waals surface area contributed by atoms with Crippen LogP contribution in [0.2, 0.25) is 0 Å². The predicted octanol–water partition coefficient (Wildman–Crippen LogP) is 3.61. The van der Waals surface area contributed by atoms with Crippen molar-refractivity contribution >= 4 is 0 Å². The van der Waals surface area contributed by atoms with Gasteiger partial charge in [0.15, 0.2) is 0 Å². The third-order valence-corrected chi connectivity index (χ3v) is 5.09. The van der Waals surface area contributed by atoms with Gasteiger partial charge in [0.1, 0.15) is 0 Å². The fourth-order valence-electron chi connectivity index (χ4n) is 3.84. The van der Waals surface area contributed by atoms with Crippen molar-refractivity contribution in [2.45, 2.75) is 71.4 Å². The van der Waals surface area contributed by atoms with E-state index < -0.39 is 0 Å².